The Kier molecular flexibility index (Phi) is 3.41. The third-order valence-electron chi connectivity index (χ3n) is 5.01. The Labute approximate surface area is 141 Å². The van der Waals surface area contributed by atoms with Crippen molar-refractivity contribution < 1.29 is 4.79 Å². The van der Waals surface area contributed by atoms with Crippen LogP contribution in [0.1, 0.15) is 24.0 Å². The van der Waals surface area contributed by atoms with E-state index in [4.69, 9.17) is 0 Å². The number of benzene rings is 1. The molecule has 2 heterocycles. The molecule has 1 aliphatic carbocycles. The number of aromatic nitrogens is 2. The highest BCUT2D eigenvalue weighted by molar-refractivity contribution is 5.96. The number of nitrogens with one attached hydrogen (secondary N) is 1. The molecule has 0 bridgehead atoms. The molecule has 4 nitrogen and oxygen atoms in total. The molecule has 1 aromatic carbocycles. The summed E-state index contributed by atoms with van der Waals surface area (Å²) >= 11 is 0. The smallest absolute Gasteiger partial charge is 0.228 e. The molecule has 0 aliphatic heterocycles. The van der Waals surface area contributed by atoms with Gasteiger partial charge in [0.05, 0.1) is 11.7 Å². The summed E-state index contributed by atoms with van der Waals surface area (Å²) in [5.41, 5.74) is 6.04. The van der Waals surface area contributed by atoms with Gasteiger partial charge in [-0.05, 0) is 49.9 Å². The van der Waals surface area contributed by atoms with Crippen molar-refractivity contribution in [2.24, 2.45) is 13.0 Å². The van der Waals surface area contributed by atoms with Crippen molar-refractivity contribution in [2.75, 3.05) is 5.32 Å². The first-order valence-corrected chi connectivity index (χ1v) is 8.37. The molecule has 1 saturated carbocycles. The third kappa shape index (κ3) is 2.48. The van der Waals surface area contributed by atoms with Crippen LogP contribution in [0.4, 0.5) is 5.82 Å². The second kappa shape index (κ2) is 5.48. The molecule has 1 aliphatic rings. The summed E-state index contributed by atoms with van der Waals surface area (Å²) in [6.45, 7) is 4.29. The van der Waals surface area contributed by atoms with Crippen molar-refractivity contribution in [3.05, 3.63) is 47.7 Å². The van der Waals surface area contributed by atoms with Crippen molar-refractivity contribution in [3.8, 4) is 11.3 Å². The minimum Gasteiger partial charge on any atom is -0.342 e. The minimum absolute atomic E-state index is 0.0903. The van der Waals surface area contributed by atoms with Gasteiger partial charge >= 0.3 is 0 Å². The van der Waals surface area contributed by atoms with Gasteiger partial charge in [-0.25, -0.2) is 4.98 Å². The van der Waals surface area contributed by atoms with Crippen LogP contribution in [-0.2, 0) is 11.8 Å². The number of nitrogens with zero attached hydrogens (tertiary/aromatic N) is 2. The third-order valence-corrected chi connectivity index (χ3v) is 5.01. The summed E-state index contributed by atoms with van der Waals surface area (Å²) in [7, 11) is 2.06. The summed E-state index contributed by atoms with van der Waals surface area (Å²) in [4.78, 5) is 16.3. The van der Waals surface area contributed by atoms with E-state index in [1.807, 2.05) is 12.3 Å². The predicted molar refractivity (Wildman–Crippen MR) is 97.0 cm³/mol. The van der Waals surface area contributed by atoms with E-state index in [1.54, 1.807) is 0 Å². The maximum Gasteiger partial charge on any atom is 0.228 e. The van der Waals surface area contributed by atoms with Gasteiger partial charge in [-0.1, -0.05) is 18.2 Å². The molecule has 1 N–H and O–H groups in total. The maximum absolute atomic E-state index is 11.9. The molecule has 24 heavy (non-hydrogen) atoms. The monoisotopic (exact) mass is 319 g/mol. The van der Waals surface area contributed by atoms with E-state index in [9.17, 15) is 4.79 Å². The molecule has 0 atom stereocenters. The van der Waals surface area contributed by atoms with Gasteiger partial charge in [0.1, 0.15) is 5.82 Å². The Morgan fingerprint density at radius 2 is 2.04 bits per heavy atom. The van der Waals surface area contributed by atoms with Gasteiger partial charge < -0.3 is 9.88 Å². The molecule has 0 unspecified atom stereocenters. The number of amides is 1. The maximum atomic E-state index is 11.9. The number of fused-ring (bicyclic) bond motifs is 1. The van der Waals surface area contributed by atoms with Crippen LogP contribution in [0.3, 0.4) is 0 Å². The highest BCUT2D eigenvalue weighted by Crippen LogP contribution is 2.32. The number of rotatable bonds is 3. The molecule has 4 rings (SSSR count). The molecule has 2 aromatic heterocycles. The lowest BCUT2D eigenvalue weighted by Crippen LogP contribution is -2.14. The number of anilines is 1. The van der Waals surface area contributed by atoms with Gasteiger partial charge in [0.2, 0.25) is 5.91 Å². The summed E-state index contributed by atoms with van der Waals surface area (Å²) < 4.78 is 2.16. The topological polar surface area (TPSA) is 46.9 Å². The molecule has 122 valence electrons. The molecule has 1 fully saturated rings. The molecule has 0 spiro atoms. The Balaban J connectivity index is 1.76. The Morgan fingerprint density at radius 1 is 1.25 bits per heavy atom. The quantitative estimate of drug-likeness (QED) is 0.786. The molecule has 0 radical (unpaired) electrons. The first-order valence-electron chi connectivity index (χ1n) is 8.37. The fourth-order valence-electron chi connectivity index (χ4n) is 3.16. The van der Waals surface area contributed by atoms with Crippen molar-refractivity contribution in [1.29, 1.82) is 0 Å². The summed E-state index contributed by atoms with van der Waals surface area (Å²) in [6, 6.07) is 10.5. The zero-order chi connectivity index (χ0) is 16.8. The van der Waals surface area contributed by atoms with Crippen LogP contribution in [0.25, 0.3) is 22.2 Å². The predicted octanol–water partition coefficient (Wildman–Crippen LogP) is 4.21. The van der Waals surface area contributed by atoms with Crippen LogP contribution in [0.5, 0.6) is 0 Å². The van der Waals surface area contributed by atoms with E-state index in [0.717, 1.165) is 23.7 Å². The molecular formula is C20H21N3O. The molecular weight excluding hydrogens is 298 g/mol. The standard InChI is InChI=1S/C20H21N3O/c1-12-5-4-6-16(13(12)2)17-9-15-10-19(21-11-18(15)23(17)3)22-20(24)14-7-8-14/h4-6,9-11,14H,7-8H2,1-3H3,(H,21,22,24). The average Bonchev–Trinajstić information content (AvgIpc) is 3.36. The molecule has 3 aromatic rings. The first kappa shape index (κ1) is 14.9. The van der Waals surface area contributed by atoms with Crippen molar-refractivity contribution >= 4 is 22.6 Å². The second-order valence-corrected chi connectivity index (χ2v) is 6.73. The largest absolute Gasteiger partial charge is 0.342 e. The number of hydrogen-bond acceptors (Lipinski definition) is 2. The Morgan fingerprint density at radius 3 is 2.79 bits per heavy atom. The van der Waals surface area contributed by atoms with Gasteiger partial charge in [-0.15, -0.1) is 0 Å². The number of aryl methyl sites for hydroxylation is 2. The van der Waals surface area contributed by atoms with Gasteiger partial charge in [-0.2, -0.15) is 0 Å². The van der Waals surface area contributed by atoms with Crippen molar-refractivity contribution in [3.63, 3.8) is 0 Å². The summed E-state index contributed by atoms with van der Waals surface area (Å²) in [5.74, 6) is 0.911. The van der Waals surface area contributed by atoms with Gasteiger partial charge in [-0.3, -0.25) is 4.79 Å². The highest BCUT2D eigenvalue weighted by Gasteiger charge is 2.29. The van der Waals surface area contributed by atoms with Crippen LogP contribution < -0.4 is 5.32 Å². The van der Waals surface area contributed by atoms with Gasteiger partial charge in [0, 0.05) is 29.6 Å². The highest BCUT2D eigenvalue weighted by atomic mass is 16.2. The van der Waals surface area contributed by atoms with Crippen LogP contribution in [0, 0.1) is 19.8 Å². The van der Waals surface area contributed by atoms with Crippen molar-refractivity contribution in [1.82, 2.24) is 9.55 Å². The normalized spacial score (nSPS) is 14.1. The van der Waals surface area contributed by atoms with Crippen LogP contribution in [0.15, 0.2) is 36.5 Å². The first-order chi connectivity index (χ1) is 11.5. The van der Waals surface area contributed by atoms with Gasteiger partial charge in [0.25, 0.3) is 0 Å². The SMILES string of the molecule is Cc1cccc(-c2cc3cc(NC(=O)C4CC4)ncc3n2C)c1C. The molecule has 4 heteroatoms. The van der Waals surface area contributed by atoms with E-state index in [2.05, 4.69) is 60.0 Å². The number of carbonyl (C=O) groups excluding carboxylic acids is 1. The number of carbonyl (C=O) groups is 1. The fraction of sp³-hybridized carbons (Fsp3) is 0.300. The minimum atomic E-state index is 0.0903. The van der Waals surface area contributed by atoms with Crippen LogP contribution >= 0.6 is 0 Å². The number of pyridine rings is 1. The molecule has 0 saturated heterocycles. The lowest BCUT2D eigenvalue weighted by molar-refractivity contribution is -0.117. The second-order valence-electron chi connectivity index (χ2n) is 6.73. The summed E-state index contributed by atoms with van der Waals surface area (Å²) in [5, 5.41) is 4.02. The Bertz CT molecular complexity index is 951. The average molecular weight is 319 g/mol. The van der Waals surface area contributed by atoms with E-state index in [0.29, 0.717) is 5.82 Å². The lowest BCUT2D eigenvalue weighted by Gasteiger charge is -2.10. The van der Waals surface area contributed by atoms with Crippen molar-refractivity contribution in [2.45, 2.75) is 26.7 Å². The zero-order valence-electron chi connectivity index (χ0n) is 14.3. The van der Waals surface area contributed by atoms with E-state index in [-0.39, 0.29) is 11.8 Å². The number of hydrogen-bond donors (Lipinski definition) is 1. The van der Waals surface area contributed by atoms with E-state index in [1.165, 1.54) is 22.4 Å². The molecule has 1 amide bonds. The van der Waals surface area contributed by atoms with E-state index < -0.39 is 0 Å². The van der Waals surface area contributed by atoms with Crippen LogP contribution in [0.2, 0.25) is 0 Å². The van der Waals surface area contributed by atoms with Gasteiger partial charge in [0.15, 0.2) is 0 Å². The lowest BCUT2D eigenvalue weighted by atomic mass is 10.0. The fourth-order valence-corrected chi connectivity index (χ4v) is 3.16. The summed E-state index contributed by atoms with van der Waals surface area (Å²) in [6.07, 6.45) is 3.83. The van der Waals surface area contributed by atoms with Crippen LogP contribution in [-0.4, -0.2) is 15.5 Å². The van der Waals surface area contributed by atoms with E-state index >= 15 is 0 Å². The zero-order valence-corrected chi connectivity index (χ0v) is 14.3. The Hall–Kier alpha value is -2.62.